The summed E-state index contributed by atoms with van der Waals surface area (Å²) in [7, 11) is 0. The van der Waals surface area contributed by atoms with E-state index in [4.69, 9.17) is 32.7 Å². The van der Waals surface area contributed by atoms with Crippen LogP contribution in [0.25, 0.3) is 0 Å². The van der Waals surface area contributed by atoms with Gasteiger partial charge >= 0.3 is 0 Å². The maximum Gasteiger partial charge on any atom is 0.123 e. The standard InChI is InChI=1S/C20H23Cl2NO2/c21-18-7-8-20(25-15-17-4-1-2-6-19(17)22)16(14-18)5-3-9-23-10-12-24-13-11-23/h1-2,4,6-8,14H,3,5,9-13,15H2. The quantitative estimate of drug-likeness (QED) is 0.686. The van der Waals surface area contributed by atoms with Crippen LogP contribution in [0, 0.1) is 0 Å². The van der Waals surface area contributed by atoms with Crippen LogP contribution >= 0.6 is 23.2 Å². The highest BCUT2D eigenvalue weighted by molar-refractivity contribution is 6.31. The number of ether oxygens (including phenoxy) is 2. The number of morpholine rings is 1. The Bertz CT molecular complexity index is 687. The molecule has 134 valence electrons. The Hall–Kier alpha value is -1.26. The van der Waals surface area contributed by atoms with Crippen molar-refractivity contribution in [3.8, 4) is 5.75 Å². The summed E-state index contributed by atoms with van der Waals surface area (Å²) in [5.74, 6) is 0.881. The Balaban J connectivity index is 1.58. The fourth-order valence-corrected chi connectivity index (χ4v) is 3.36. The van der Waals surface area contributed by atoms with Crippen LogP contribution in [0.1, 0.15) is 17.5 Å². The molecule has 0 amide bonds. The highest BCUT2D eigenvalue weighted by atomic mass is 35.5. The molecule has 0 aliphatic carbocycles. The van der Waals surface area contributed by atoms with Crippen molar-refractivity contribution in [3.05, 3.63) is 63.6 Å². The third kappa shape index (κ3) is 5.61. The zero-order valence-corrected chi connectivity index (χ0v) is 15.7. The van der Waals surface area contributed by atoms with E-state index >= 15 is 0 Å². The maximum absolute atomic E-state index is 6.21. The van der Waals surface area contributed by atoms with E-state index in [0.29, 0.717) is 6.61 Å². The summed E-state index contributed by atoms with van der Waals surface area (Å²) in [5.41, 5.74) is 2.13. The first-order chi connectivity index (χ1) is 12.2. The van der Waals surface area contributed by atoms with Crippen LogP contribution < -0.4 is 4.74 Å². The number of aryl methyl sites for hydroxylation is 1. The van der Waals surface area contributed by atoms with Gasteiger partial charge in [-0.1, -0.05) is 41.4 Å². The Labute approximate surface area is 159 Å². The number of nitrogens with zero attached hydrogens (tertiary/aromatic N) is 1. The van der Waals surface area contributed by atoms with Crippen LogP contribution in [0.2, 0.25) is 10.0 Å². The van der Waals surface area contributed by atoms with Gasteiger partial charge in [0.2, 0.25) is 0 Å². The fourth-order valence-electron chi connectivity index (χ4n) is 2.97. The normalized spacial score (nSPS) is 15.3. The Morgan fingerprint density at radius 2 is 1.80 bits per heavy atom. The molecule has 0 radical (unpaired) electrons. The highest BCUT2D eigenvalue weighted by Gasteiger charge is 2.11. The number of halogens is 2. The Morgan fingerprint density at radius 1 is 1.00 bits per heavy atom. The lowest BCUT2D eigenvalue weighted by molar-refractivity contribution is 0.0374. The fraction of sp³-hybridized carbons (Fsp3) is 0.400. The lowest BCUT2D eigenvalue weighted by Gasteiger charge is -2.26. The molecule has 0 spiro atoms. The monoisotopic (exact) mass is 379 g/mol. The van der Waals surface area contributed by atoms with E-state index in [1.807, 2.05) is 42.5 Å². The predicted molar refractivity (Wildman–Crippen MR) is 103 cm³/mol. The molecule has 5 heteroatoms. The van der Waals surface area contributed by atoms with Crippen LogP contribution in [0.3, 0.4) is 0 Å². The average Bonchev–Trinajstić information content (AvgIpc) is 2.63. The first kappa shape index (κ1) is 18.5. The van der Waals surface area contributed by atoms with Crippen LogP contribution in [-0.2, 0) is 17.8 Å². The minimum Gasteiger partial charge on any atom is -0.489 e. The van der Waals surface area contributed by atoms with Crippen molar-refractivity contribution >= 4 is 23.2 Å². The third-order valence-corrected chi connectivity index (χ3v) is 4.99. The van der Waals surface area contributed by atoms with Crippen molar-refractivity contribution < 1.29 is 9.47 Å². The molecular weight excluding hydrogens is 357 g/mol. The zero-order chi connectivity index (χ0) is 17.5. The third-order valence-electron chi connectivity index (χ3n) is 4.39. The van der Waals surface area contributed by atoms with Gasteiger partial charge in [0.1, 0.15) is 12.4 Å². The number of benzene rings is 2. The number of hydrogen-bond acceptors (Lipinski definition) is 3. The predicted octanol–water partition coefficient (Wildman–Crippen LogP) is 4.84. The lowest BCUT2D eigenvalue weighted by Crippen LogP contribution is -2.36. The molecule has 1 aliphatic heterocycles. The van der Waals surface area contributed by atoms with E-state index in [2.05, 4.69) is 4.90 Å². The van der Waals surface area contributed by atoms with E-state index < -0.39 is 0 Å². The van der Waals surface area contributed by atoms with E-state index in [1.165, 1.54) is 0 Å². The first-order valence-corrected chi connectivity index (χ1v) is 9.43. The van der Waals surface area contributed by atoms with Crippen LogP contribution in [0.15, 0.2) is 42.5 Å². The summed E-state index contributed by atoms with van der Waals surface area (Å²) in [5, 5.41) is 1.47. The van der Waals surface area contributed by atoms with Gasteiger partial charge in [-0.25, -0.2) is 0 Å². The summed E-state index contributed by atoms with van der Waals surface area (Å²) in [6, 6.07) is 13.6. The number of rotatable bonds is 7. The van der Waals surface area contributed by atoms with Crippen molar-refractivity contribution in [3.63, 3.8) is 0 Å². The average molecular weight is 380 g/mol. The molecule has 1 saturated heterocycles. The molecule has 2 aromatic rings. The van der Waals surface area contributed by atoms with E-state index in [9.17, 15) is 0 Å². The maximum atomic E-state index is 6.21. The molecule has 0 unspecified atom stereocenters. The van der Waals surface area contributed by atoms with Gasteiger partial charge < -0.3 is 9.47 Å². The summed E-state index contributed by atoms with van der Waals surface area (Å²) in [4.78, 5) is 2.44. The van der Waals surface area contributed by atoms with E-state index in [1.54, 1.807) is 0 Å². The van der Waals surface area contributed by atoms with Crippen LogP contribution in [-0.4, -0.2) is 37.7 Å². The van der Waals surface area contributed by atoms with Gasteiger partial charge in [-0.3, -0.25) is 4.90 Å². The van der Waals surface area contributed by atoms with Gasteiger partial charge in [0, 0.05) is 28.7 Å². The molecule has 0 aromatic heterocycles. The molecule has 1 fully saturated rings. The van der Waals surface area contributed by atoms with Crippen LogP contribution in [0.5, 0.6) is 5.75 Å². The minimum absolute atomic E-state index is 0.456. The molecule has 1 aliphatic rings. The molecule has 3 rings (SSSR count). The molecular formula is C20H23Cl2NO2. The second-order valence-corrected chi connectivity index (χ2v) is 7.03. The smallest absolute Gasteiger partial charge is 0.123 e. The van der Waals surface area contributed by atoms with Gasteiger partial charge in [0.25, 0.3) is 0 Å². The molecule has 0 saturated carbocycles. The second kappa shape index (κ2) is 9.44. The molecule has 0 N–H and O–H groups in total. The topological polar surface area (TPSA) is 21.7 Å². The lowest BCUT2D eigenvalue weighted by atomic mass is 10.1. The van der Waals surface area contributed by atoms with Gasteiger partial charge in [0.05, 0.1) is 13.2 Å². The van der Waals surface area contributed by atoms with Crippen LogP contribution in [0.4, 0.5) is 0 Å². The van der Waals surface area contributed by atoms with E-state index in [-0.39, 0.29) is 0 Å². The molecule has 0 atom stereocenters. The van der Waals surface area contributed by atoms with Gasteiger partial charge in [-0.05, 0) is 49.2 Å². The summed E-state index contributed by atoms with van der Waals surface area (Å²) in [6.45, 7) is 5.24. The van der Waals surface area contributed by atoms with Gasteiger partial charge in [-0.2, -0.15) is 0 Å². The molecule has 2 aromatic carbocycles. The molecule has 3 nitrogen and oxygen atoms in total. The van der Waals surface area contributed by atoms with Crippen molar-refractivity contribution in [1.29, 1.82) is 0 Å². The zero-order valence-electron chi connectivity index (χ0n) is 14.2. The van der Waals surface area contributed by atoms with Crippen molar-refractivity contribution in [1.82, 2.24) is 4.90 Å². The van der Waals surface area contributed by atoms with Crippen molar-refractivity contribution in [2.24, 2.45) is 0 Å². The van der Waals surface area contributed by atoms with Crippen molar-refractivity contribution in [2.45, 2.75) is 19.4 Å². The van der Waals surface area contributed by atoms with Gasteiger partial charge in [-0.15, -0.1) is 0 Å². The van der Waals surface area contributed by atoms with E-state index in [0.717, 1.165) is 72.6 Å². The molecule has 1 heterocycles. The summed E-state index contributed by atoms with van der Waals surface area (Å²) < 4.78 is 11.4. The second-order valence-electron chi connectivity index (χ2n) is 6.19. The number of hydrogen-bond donors (Lipinski definition) is 0. The van der Waals surface area contributed by atoms with Crippen molar-refractivity contribution in [2.75, 3.05) is 32.8 Å². The minimum atomic E-state index is 0.456. The largest absolute Gasteiger partial charge is 0.489 e. The Kier molecular flexibility index (Phi) is 7.00. The summed E-state index contributed by atoms with van der Waals surface area (Å²) >= 11 is 12.4. The Morgan fingerprint density at radius 3 is 2.60 bits per heavy atom. The SMILES string of the molecule is Clc1ccc(OCc2ccccc2Cl)c(CCCN2CCOCC2)c1. The highest BCUT2D eigenvalue weighted by Crippen LogP contribution is 2.26. The summed E-state index contributed by atoms with van der Waals surface area (Å²) in [6.07, 6.45) is 2.01. The van der Waals surface area contributed by atoms with Gasteiger partial charge in [0.15, 0.2) is 0 Å². The molecule has 0 bridgehead atoms. The first-order valence-electron chi connectivity index (χ1n) is 8.67. The molecule has 25 heavy (non-hydrogen) atoms.